The first kappa shape index (κ1) is 23.6. The number of nitrogens with zero attached hydrogens (tertiary/aromatic N) is 5. The number of aromatic amines is 1. The van der Waals surface area contributed by atoms with E-state index in [0.29, 0.717) is 0 Å². The maximum absolute atomic E-state index is 13.0. The van der Waals surface area contributed by atoms with Crippen LogP contribution in [0.5, 0.6) is 0 Å². The number of halogens is 4. The third-order valence-corrected chi connectivity index (χ3v) is 7.21. The van der Waals surface area contributed by atoms with Crippen molar-refractivity contribution in [2.24, 2.45) is 5.11 Å². The molecule has 3 heterocycles. The molecular formula is C18H12Cl4N6O5. The Bertz CT molecular complexity index is 1330. The molecule has 11 nitrogen and oxygen atoms in total. The number of nitrogens with one attached hydrogen (secondary N) is 1. The summed E-state index contributed by atoms with van der Waals surface area (Å²) in [6, 6.07) is -0.832. The quantitative estimate of drug-likeness (QED) is 0.158. The van der Waals surface area contributed by atoms with E-state index in [-0.39, 0.29) is 49.7 Å². The second kappa shape index (κ2) is 8.68. The van der Waals surface area contributed by atoms with Gasteiger partial charge < -0.3 is 4.74 Å². The summed E-state index contributed by atoms with van der Waals surface area (Å²) in [7, 11) is 0. The number of aryl methyl sites for hydroxylation is 1. The second-order valence-corrected chi connectivity index (χ2v) is 8.85. The molecule has 1 saturated heterocycles. The number of rotatable bonds is 4. The van der Waals surface area contributed by atoms with E-state index in [9.17, 15) is 19.2 Å². The fourth-order valence-corrected chi connectivity index (χ4v) is 4.79. The van der Waals surface area contributed by atoms with Gasteiger partial charge in [-0.25, -0.2) is 4.79 Å². The number of benzene rings is 1. The van der Waals surface area contributed by atoms with Crippen molar-refractivity contribution in [2.45, 2.75) is 31.7 Å². The van der Waals surface area contributed by atoms with Crippen molar-refractivity contribution in [3.05, 3.63) is 74.3 Å². The SMILES string of the molecule is Cc1cn([C@H]2C[C@H](N=[N+]=[N-])[C@@H](CN3C(=O)c4c(Cl)c(Cl)c(Cl)c(Cl)c4C3=O)O2)c(=O)[nH]c1=O. The third kappa shape index (κ3) is 3.80. The summed E-state index contributed by atoms with van der Waals surface area (Å²) in [6.07, 6.45) is -0.509. The minimum absolute atomic E-state index is 0.0580. The normalized spacial score (nSPS) is 22.0. The Hall–Kier alpha value is -2.53. The Balaban J connectivity index is 1.67. The van der Waals surface area contributed by atoms with Gasteiger partial charge in [-0.3, -0.25) is 28.8 Å². The Kier molecular flexibility index (Phi) is 6.21. The minimum atomic E-state index is -0.962. The van der Waals surface area contributed by atoms with E-state index in [1.54, 1.807) is 0 Å². The van der Waals surface area contributed by atoms with Crippen LogP contribution in [0, 0.1) is 6.92 Å². The molecule has 15 heteroatoms. The van der Waals surface area contributed by atoms with Gasteiger partial charge in [-0.15, -0.1) is 0 Å². The highest BCUT2D eigenvalue weighted by molar-refractivity contribution is 6.55. The first-order valence-corrected chi connectivity index (χ1v) is 10.8. The fraction of sp³-hybridized carbons (Fsp3) is 0.333. The molecule has 2 amide bonds. The standard InChI is InChI=1S/C18H12Cl4N6O5/c1-5-3-27(18(32)24-15(5)29)8-2-6(25-26-23)7(33-8)4-28-16(30)9-10(17(28)31)12(20)14(22)13(21)11(9)19/h3,6-8H,2,4H2,1H3,(H,24,29,32)/t6-,7+,8+/m0/s1. The number of aromatic nitrogens is 2. The van der Waals surface area contributed by atoms with Gasteiger partial charge in [0, 0.05) is 23.1 Å². The number of fused-ring (bicyclic) bond motifs is 1. The molecule has 3 atom stereocenters. The number of hydrogen-bond donors (Lipinski definition) is 1. The van der Waals surface area contributed by atoms with Crippen LogP contribution in [0.4, 0.5) is 0 Å². The predicted octanol–water partition coefficient (Wildman–Crippen LogP) is 3.72. The van der Waals surface area contributed by atoms with Crippen LogP contribution in [0.15, 0.2) is 20.9 Å². The summed E-state index contributed by atoms with van der Waals surface area (Å²) in [4.78, 5) is 55.7. The number of azide groups is 1. The van der Waals surface area contributed by atoms with Crippen LogP contribution < -0.4 is 11.2 Å². The average molecular weight is 534 g/mol. The summed E-state index contributed by atoms with van der Waals surface area (Å²) in [5.41, 5.74) is 7.56. The highest BCUT2D eigenvalue weighted by Crippen LogP contribution is 2.45. The average Bonchev–Trinajstić information content (AvgIpc) is 3.27. The van der Waals surface area contributed by atoms with Gasteiger partial charge in [-0.05, 0) is 12.5 Å². The van der Waals surface area contributed by atoms with Crippen LogP contribution in [0.3, 0.4) is 0 Å². The van der Waals surface area contributed by atoms with E-state index in [0.717, 1.165) is 9.47 Å². The van der Waals surface area contributed by atoms with Crippen molar-refractivity contribution in [1.82, 2.24) is 14.5 Å². The molecule has 0 saturated carbocycles. The lowest BCUT2D eigenvalue weighted by atomic mass is 10.1. The summed E-state index contributed by atoms with van der Waals surface area (Å²) in [6.45, 7) is 1.18. The maximum atomic E-state index is 13.0. The van der Waals surface area contributed by atoms with Gasteiger partial charge in [0.25, 0.3) is 17.4 Å². The van der Waals surface area contributed by atoms with Crippen molar-refractivity contribution >= 4 is 58.2 Å². The molecule has 0 unspecified atom stereocenters. The highest BCUT2D eigenvalue weighted by atomic mass is 35.5. The van der Waals surface area contributed by atoms with Gasteiger partial charge in [-0.1, -0.05) is 51.5 Å². The Morgan fingerprint density at radius 1 is 1.09 bits per heavy atom. The van der Waals surface area contributed by atoms with Crippen LogP contribution in [-0.4, -0.2) is 45.0 Å². The van der Waals surface area contributed by atoms with Gasteiger partial charge in [-0.2, -0.15) is 0 Å². The van der Waals surface area contributed by atoms with Crippen LogP contribution >= 0.6 is 46.4 Å². The van der Waals surface area contributed by atoms with Crippen molar-refractivity contribution in [1.29, 1.82) is 0 Å². The third-order valence-electron chi connectivity index (χ3n) is 5.41. The molecule has 2 aliphatic rings. The molecule has 2 aromatic rings. The number of hydrogen-bond acceptors (Lipinski definition) is 6. The lowest BCUT2D eigenvalue weighted by Crippen LogP contribution is -2.40. The van der Waals surface area contributed by atoms with Crippen molar-refractivity contribution in [2.75, 3.05) is 6.54 Å². The van der Waals surface area contributed by atoms with Gasteiger partial charge in [0.2, 0.25) is 0 Å². The molecule has 1 aromatic carbocycles. The van der Waals surface area contributed by atoms with Crippen LogP contribution in [0.1, 0.15) is 38.9 Å². The molecule has 0 radical (unpaired) electrons. The summed E-state index contributed by atoms with van der Waals surface area (Å²) < 4.78 is 7.01. The zero-order chi connectivity index (χ0) is 24.2. The monoisotopic (exact) mass is 532 g/mol. The fourth-order valence-electron chi connectivity index (χ4n) is 3.78. The van der Waals surface area contributed by atoms with E-state index in [1.165, 1.54) is 13.1 Å². The number of H-pyrrole nitrogens is 1. The van der Waals surface area contributed by atoms with Crippen molar-refractivity contribution in [3.8, 4) is 0 Å². The minimum Gasteiger partial charge on any atom is -0.352 e. The molecule has 1 aromatic heterocycles. The highest BCUT2D eigenvalue weighted by Gasteiger charge is 2.45. The largest absolute Gasteiger partial charge is 0.352 e. The molecule has 0 spiro atoms. The van der Waals surface area contributed by atoms with E-state index in [2.05, 4.69) is 15.0 Å². The number of carbonyl (C=O) groups is 2. The van der Waals surface area contributed by atoms with Crippen LogP contribution in [-0.2, 0) is 4.74 Å². The van der Waals surface area contributed by atoms with Gasteiger partial charge in [0.15, 0.2) is 0 Å². The van der Waals surface area contributed by atoms with E-state index < -0.39 is 41.4 Å². The van der Waals surface area contributed by atoms with Crippen LogP contribution in [0.2, 0.25) is 20.1 Å². The molecule has 1 fully saturated rings. The topological polar surface area (TPSA) is 150 Å². The Morgan fingerprint density at radius 2 is 1.67 bits per heavy atom. The summed E-state index contributed by atoms with van der Waals surface area (Å²) in [5.74, 6) is -1.55. The maximum Gasteiger partial charge on any atom is 0.330 e. The molecule has 0 aliphatic carbocycles. The van der Waals surface area contributed by atoms with E-state index in [4.69, 9.17) is 56.7 Å². The van der Waals surface area contributed by atoms with E-state index in [1.807, 2.05) is 0 Å². The lowest BCUT2D eigenvalue weighted by Gasteiger charge is -2.21. The molecule has 2 aliphatic heterocycles. The first-order valence-electron chi connectivity index (χ1n) is 9.30. The van der Waals surface area contributed by atoms with Gasteiger partial charge in [0.1, 0.15) is 6.23 Å². The molecule has 172 valence electrons. The zero-order valence-corrected chi connectivity index (χ0v) is 19.5. The molecule has 0 bridgehead atoms. The van der Waals surface area contributed by atoms with Gasteiger partial charge in [0.05, 0.1) is 49.9 Å². The summed E-state index contributed by atoms with van der Waals surface area (Å²) in [5, 5.41) is 2.92. The summed E-state index contributed by atoms with van der Waals surface area (Å²) >= 11 is 24.3. The molecule has 4 rings (SSSR count). The zero-order valence-electron chi connectivity index (χ0n) is 16.5. The van der Waals surface area contributed by atoms with Crippen LogP contribution in [0.25, 0.3) is 10.4 Å². The number of imide groups is 1. The predicted molar refractivity (Wildman–Crippen MR) is 119 cm³/mol. The van der Waals surface area contributed by atoms with E-state index >= 15 is 0 Å². The number of carbonyl (C=O) groups excluding carboxylic acids is 2. The molecular weight excluding hydrogens is 522 g/mol. The Labute approximate surface area is 204 Å². The lowest BCUT2D eigenvalue weighted by molar-refractivity contribution is -0.0137. The second-order valence-electron chi connectivity index (χ2n) is 7.34. The Morgan fingerprint density at radius 3 is 2.21 bits per heavy atom. The van der Waals surface area contributed by atoms with Crippen molar-refractivity contribution in [3.63, 3.8) is 0 Å². The van der Waals surface area contributed by atoms with Gasteiger partial charge >= 0.3 is 5.69 Å². The van der Waals surface area contributed by atoms with Crippen molar-refractivity contribution < 1.29 is 14.3 Å². The smallest absolute Gasteiger partial charge is 0.330 e. The molecule has 1 N–H and O–H groups in total. The molecule has 33 heavy (non-hydrogen) atoms. The number of amides is 2. The first-order chi connectivity index (χ1) is 15.6. The number of ether oxygens (including phenoxy) is 1.